The van der Waals surface area contributed by atoms with Crippen LogP contribution in [0.4, 0.5) is 0 Å². The lowest BCUT2D eigenvalue weighted by Gasteiger charge is -2.15. The first-order valence-corrected chi connectivity index (χ1v) is 12.8. The molecule has 9 heteroatoms. The number of aromatic nitrogens is 1. The van der Waals surface area contributed by atoms with E-state index in [1.807, 2.05) is 18.4 Å². The summed E-state index contributed by atoms with van der Waals surface area (Å²) in [5, 5.41) is 14.7. The van der Waals surface area contributed by atoms with Crippen LogP contribution in [0, 0.1) is 0 Å². The Morgan fingerprint density at radius 2 is 1.87 bits per heavy atom. The minimum absolute atomic E-state index is 0.0500. The second kappa shape index (κ2) is 8.14. The van der Waals surface area contributed by atoms with Crippen LogP contribution in [0.5, 0.6) is 5.75 Å². The summed E-state index contributed by atoms with van der Waals surface area (Å²) < 4.78 is 29.6. The van der Waals surface area contributed by atoms with Gasteiger partial charge in [-0.2, -0.15) is 0 Å². The molecule has 0 spiro atoms. The van der Waals surface area contributed by atoms with Gasteiger partial charge in [-0.15, -0.1) is 11.3 Å². The summed E-state index contributed by atoms with van der Waals surface area (Å²) in [7, 11) is -3.60. The Morgan fingerprint density at radius 3 is 2.53 bits per heavy atom. The normalized spacial score (nSPS) is 12.1. The standard InChI is InChI=1S/C21H19BrN2O4S2/c1-2-24-16-7-8-17(25)18(19(16)15-9-12-29-20(15)21(24)26)13-3-5-14(6-4-13)30(27,28)23-11-10-22/h3-9,12,23,25H,2,10-11H2,1H3. The third-order valence-electron chi connectivity index (χ3n) is 4.98. The van der Waals surface area contributed by atoms with E-state index in [0.29, 0.717) is 34.2 Å². The topological polar surface area (TPSA) is 88.4 Å². The molecule has 0 atom stereocenters. The Bertz CT molecular complexity index is 1410. The fourth-order valence-corrected chi connectivity index (χ4v) is 5.99. The number of benzene rings is 2. The Labute approximate surface area is 186 Å². The number of fused-ring (bicyclic) bond motifs is 3. The summed E-state index contributed by atoms with van der Waals surface area (Å²) in [5.41, 5.74) is 1.93. The van der Waals surface area contributed by atoms with Crippen LogP contribution in [0.3, 0.4) is 0 Å². The van der Waals surface area contributed by atoms with Gasteiger partial charge in [-0.3, -0.25) is 4.79 Å². The van der Waals surface area contributed by atoms with Crippen LogP contribution in [-0.2, 0) is 16.6 Å². The van der Waals surface area contributed by atoms with E-state index in [1.54, 1.807) is 28.8 Å². The average molecular weight is 507 g/mol. The highest BCUT2D eigenvalue weighted by molar-refractivity contribution is 9.09. The Kier molecular flexibility index (Phi) is 5.71. The highest BCUT2D eigenvalue weighted by Gasteiger charge is 2.19. The number of halogens is 1. The number of rotatable bonds is 6. The van der Waals surface area contributed by atoms with Gasteiger partial charge in [0, 0.05) is 34.8 Å². The van der Waals surface area contributed by atoms with Crippen molar-refractivity contribution in [3.63, 3.8) is 0 Å². The van der Waals surface area contributed by atoms with Crippen LogP contribution in [0.2, 0.25) is 0 Å². The molecule has 0 saturated carbocycles. The number of phenolic OH excluding ortho intramolecular Hbond substituents is 1. The third kappa shape index (κ3) is 3.45. The predicted octanol–water partition coefficient (Wildman–Crippen LogP) is 4.28. The highest BCUT2D eigenvalue weighted by Crippen LogP contribution is 2.40. The molecule has 0 radical (unpaired) electrons. The van der Waals surface area contributed by atoms with Gasteiger partial charge in [0.2, 0.25) is 10.0 Å². The molecule has 0 aliphatic carbocycles. The molecule has 0 bridgehead atoms. The van der Waals surface area contributed by atoms with E-state index < -0.39 is 10.0 Å². The van der Waals surface area contributed by atoms with Gasteiger partial charge in [0.25, 0.3) is 5.56 Å². The van der Waals surface area contributed by atoms with Crippen molar-refractivity contribution in [1.82, 2.24) is 9.29 Å². The molecule has 4 aromatic rings. The maximum absolute atomic E-state index is 12.8. The number of thiophene rings is 1. The lowest BCUT2D eigenvalue weighted by atomic mass is 9.97. The van der Waals surface area contributed by atoms with E-state index in [1.165, 1.54) is 23.5 Å². The minimum atomic E-state index is -3.60. The fourth-order valence-electron chi connectivity index (χ4n) is 3.65. The van der Waals surface area contributed by atoms with Crippen LogP contribution in [-0.4, -0.2) is 30.0 Å². The molecule has 2 N–H and O–H groups in total. The molecule has 2 aromatic carbocycles. The summed E-state index contributed by atoms with van der Waals surface area (Å²) in [6.07, 6.45) is 0. The van der Waals surface area contributed by atoms with E-state index in [0.717, 1.165) is 16.3 Å². The van der Waals surface area contributed by atoms with Crippen molar-refractivity contribution < 1.29 is 13.5 Å². The summed E-state index contributed by atoms with van der Waals surface area (Å²) in [5.74, 6) is 0.0734. The Morgan fingerprint density at radius 1 is 1.13 bits per heavy atom. The van der Waals surface area contributed by atoms with Crippen LogP contribution in [0.15, 0.2) is 57.5 Å². The van der Waals surface area contributed by atoms with Crippen molar-refractivity contribution in [2.75, 3.05) is 11.9 Å². The quantitative estimate of drug-likeness (QED) is 0.382. The Balaban J connectivity index is 1.97. The lowest BCUT2D eigenvalue weighted by molar-refractivity contribution is 0.478. The van der Waals surface area contributed by atoms with Crippen molar-refractivity contribution >= 4 is 58.3 Å². The van der Waals surface area contributed by atoms with Crippen molar-refractivity contribution in [2.45, 2.75) is 18.4 Å². The van der Waals surface area contributed by atoms with Crippen molar-refractivity contribution in [2.24, 2.45) is 0 Å². The molecular weight excluding hydrogens is 488 g/mol. The Hall–Kier alpha value is -2.20. The van der Waals surface area contributed by atoms with E-state index >= 15 is 0 Å². The molecule has 2 heterocycles. The third-order valence-corrected chi connectivity index (χ3v) is 7.76. The van der Waals surface area contributed by atoms with Crippen molar-refractivity contribution in [3.05, 3.63) is 58.2 Å². The SMILES string of the molecule is CCn1c(=O)c2sccc2c2c(-c3ccc(S(=O)(=O)NCCBr)cc3)c(O)ccc21. The summed E-state index contributed by atoms with van der Waals surface area (Å²) >= 11 is 4.58. The number of nitrogens with zero attached hydrogens (tertiary/aromatic N) is 1. The number of alkyl halides is 1. The molecule has 0 saturated heterocycles. The van der Waals surface area contributed by atoms with E-state index in [2.05, 4.69) is 20.7 Å². The van der Waals surface area contributed by atoms with Crippen LogP contribution in [0.1, 0.15) is 6.92 Å². The van der Waals surface area contributed by atoms with Crippen LogP contribution >= 0.6 is 27.3 Å². The van der Waals surface area contributed by atoms with Gasteiger partial charge in [-0.1, -0.05) is 28.1 Å². The highest BCUT2D eigenvalue weighted by atomic mass is 79.9. The van der Waals surface area contributed by atoms with E-state index in [4.69, 9.17) is 0 Å². The smallest absolute Gasteiger partial charge is 0.268 e. The molecular formula is C21H19BrN2O4S2. The van der Waals surface area contributed by atoms with Gasteiger partial charge < -0.3 is 9.67 Å². The zero-order valence-corrected chi connectivity index (χ0v) is 19.3. The van der Waals surface area contributed by atoms with Gasteiger partial charge in [-0.25, -0.2) is 13.1 Å². The number of hydrogen-bond donors (Lipinski definition) is 2. The first kappa shape index (κ1) is 21.0. The van der Waals surface area contributed by atoms with Gasteiger partial charge in [-0.05, 0) is 48.2 Å². The van der Waals surface area contributed by atoms with Crippen LogP contribution in [0.25, 0.3) is 32.1 Å². The molecule has 2 aromatic heterocycles. The van der Waals surface area contributed by atoms with Gasteiger partial charge in [0.1, 0.15) is 10.4 Å². The summed E-state index contributed by atoms with van der Waals surface area (Å²) in [4.78, 5) is 13.0. The lowest BCUT2D eigenvalue weighted by Crippen LogP contribution is -2.25. The first-order valence-electron chi connectivity index (χ1n) is 9.30. The van der Waals surface area contributed by atoms with Gasteiger partial charge in [0.15, 0.2) is 0 Å². The number of aryl methyl sites for hydroxylation is 1. The molecule has 6 nitrogen and oxygen atoms in total. The molecule has 0 aliphatic rings. The summed E-state index contributed by atoms with van der Waals surface area (Å²) in [6, 6.07) is 11.6. The van der Waals surface area contributed by atoms with Crippen LogP contribution < -0.4 is 10.3 Å². The minimum Gasteiger partial charge on any atom is -0.507 e. The number of sulfonamides is 1. The molecule has 0 unspecified atom stereocenters. The second-order valence-electron chi connectivity index (χ2n) is 6.68. The first-order chi connectivity index (χ1) is 14.4. The number of phenols is 1. The zero-order valence-electron chi connectivity index (χ0n) is 16.1. The number of pyridine rings is 1. The molecule has 0 fully saturated rings. The molecule has 156 valence electrons. The zero-order chi connectivity index (χ0) is 21.5. The van der Waals surface area contributed by atoms with Gasteiger partial charge in [0.05, 0.1) is 10.4 Å². The maximum atomic E-state index is 12.8. The number of hydrogen-bond acceptors (Lipinski definition) is 5. The predicted molar refractivity (Wildman–Crippen MR) is 125 cm³/mol. The molecule has 0 amide bonds. The second-order valence-corrected chi connectivity index (χ2v) is 10.2. The number of aromatic hydroxyl groups is 1. The maximum Gasteiger partial charge on any atom is 0.268 e. The molecule has 30 heavy (non-hydrogen) atoms. The monoisotopic (exact) mass is 506 g/mol. The van der Waals surface area contributed by atoms with Gasteiger partial charge >= 0.3 is 0 Å². The largest absolute Gasteiger partial charge is 0.507 e. The van der Waals surface area contributed by atoms with Crippen molar-refractivity contribution in [3.8, 4) is 16.9 Å². The molecule has 0 aliphatic heterocycles. The average Bonchev–Trinajstić information content (AvgIpc) is 3.23. The van der Waals surface area contributed by atoms with Crippen molar-refractivity contribution in [1.29, 1.82) is 0 Å². The summed E-state index contributed by atoms with van der Waals surface area (Å²) in [6.45, 7) is 2.70. The van der Waals surface area contributed by atoms with E-state index in [-0.39, 0.29) is 16.2 Å². The number of nitrogens with one attached hydrogen (secondary N) is 1. The fraction of sp³-hybridized carbons (Fsp3) is 0.190. The molecule has 4 rings (SSSR count). The van der Waals surface area contributed by atoms with E-state index in [9.17, 15) is 18.3 Å².